The van der Waals surface area contributed by atoms with Gasteiger partial charge in [-0.2, -0.15) is 0 Å². The molecule has 1 fully saturated rings. The summed E-state index contributed by atoms with van der Waals surface area (Å²) in [6.07, 6.45) is 16.1. The van der Waals surface area contributed by atoms with Crippen LogP contribution < -0.4 is 0 Å². The third kappa shape index (κ3) is 8.58. The second kappa shape index (κ2) is 12.4. The van der Waals surface area contributed by atoms with Gasteiger partial charge in [0.05, 0.1) is 0 Å². The van der Waals surface area contributed by atoms with Crippen molar-refractivity contribution in [3.8, 4) is 5.75 Å². The van der Waals surface area contributed by atoms with Gasteiger partial charge in [0.25, 0.3) is 0 Å². The number of rotatable bonds is 12. The van der Waals surface area contributed by atoms with E-state index >= 15 is 0 Å². The van der Waals surface area contributed by atoms with E-state index in [4.69, 9.17) is 0 Å². The standard InChI is InChI=1S/C24H41NO/c1-21(2)13-9-6-4-3-5-7-10-14-22-15-16-24(26)23(19-22)20-25-17-11-8-12-18-25/h15-16,19,21,26H,3-14,17-18,20H2,1-2H3. The molecule has 1 aromatic rings. The zero-order valence-electron chi connectivity index (χ0n) is 17.3. The third-order valence-corrected chi connectivity index (χ3v) is 5.73. The van der Waals surface area contributed by atoms with Crippen LogP contribution in [0.1, 0.15) is 95.6 Å². The van der Waals surface area contributed by atoms with Crippen LogP contribution in [0.25, 0.3) is 0 Å². The molecule has 0 spiro atoms. The highest BCUT2D eigenvalue weighted by Gasteiger charge is 2.12. The first-order valence-electron chi connectivity index (χ1n) is 11.2. The van der Waals surface area contributed by atoms with E-state index in [1.165, 1.54) is 89.3 Å². The topological polar surface area (TPSA) is 23.5 Å². The van der Waals surface area contributed by atoms with Gasteiger partial charge in [0.2, 0.25) is 0 Å². The maximum Gasteiger partial charge on any atom is 0.120 e. The third-order valence-electron chi connectivity index (χ3n) is 5.73. The van der Waals surface area contributed by atoms with Gasteiger partial charge in [-0.15, -0.1) is 0 Å². The number of benzene rings is 1. The van der Waals surface area contributed by atoms with E-state index < -0.39 is 0 Å². The average Bonchev–Trinajstić information content (AvgIpc) is 2.63. The SMILES string of the molecule is CC(C)CCCCCCCCCc1ccc(O)c(CN2CCCCC2)c1. The Morgan fingerprint density at radius 2 is 1.54 bits per heavy atom. The molecule has 0 unspecified atom stereocenters. The van der Waals surface area contributed by atoms with Crippen molar-refractivity contribution < 1.29 is 5.11 Å². The molecule has 0 aliphatic carbocycles. The van der Waals surface area contributed by atoms with Crippen LogP contribution in [0.3, 0.4) is 0 Å². The van der Waals surface area contributed by atoms with Crippen LogP contribution in [-0.4, -0.2) is 23.1 Å². The van der Waals surface area contributed by atoms with Crippen LogP contribution in [0.4, 0.5) is 0 Å². The first kappa shape index (κ1) is 21.3. The summed E-state index contributed by atoms with van der Waals surface area (Å²) in [7, 11) is 0. The largest absolute Gasteiger partial charge is 0.508 e. The Bertz CT molecular complexity index is 491. The molecule has 0 aromatic heterocycles. The van der Waals surface area contributed by atoms with E-state index in [9.17, 15) is 5.11 Å². The number of aromatic hydroxyl groups is 1. The normalized spacial score (nSPS) is 15.7. The summed E-state index contributed by atoms with van der Waals surface area (Å²) in [5.41, 5.74) is 2.52. The summed E-state index contributed by atoms with van der Waals surface area (Å²) < 4.78 is 0. The zero-order chi connectivity index (χ0) is 18.6. The van der Waals surface area contributed by atoms with Gasteiger partial charge in [0.1, 0.15) is 5.75 Å². The second-order valence-electron chi connectivity index (χ2n) is 8.71. The molecule has 1 aliphatic rings. The number of aryl methyl sites for hydroxylation is 1. The molecular weight excluding hydrogens is 318 g/mol. The quantitative estimate of drug-likeness (QED) is 0.420. The molecule has 2 nitrogen and oxygen atoms in total. The molecule has 0 saturated carbocycles. The van der Waals surface area contributed by atoms with E-state index in [0.717, 1.165) is 24.4 Å². The maximum atomic E-state index is 10.2. The molecule has 0 amide bonds. The molecule has 1 aromatic carbocycles. The molecule has 1 aliphatic heterocycles. The van der Waals surface area contributed by atoms with Crippen LogP contribution in [0.2, 0.25) is 0 Å². The monoisotopic (exact) mass is 359 g/mol. The van der Waals surface area contributed by atoms with E-state index in [-0.39, 0.29) is 0 Å². The van der Waals surface area contributed by atoms with Crippen molar-refractivity contribution >= 4 is 0 Å². The van der Waals surface area contributed by atoms with Crippen LogP contribution >= 0.6 is 0 Å². The summed E-state index contributed by atoms with van der Waals surface area (Å²) in [5, 5.41) is 10.2. The lowest BCUT2D eigenvalue weighted by molar-refractivity contribution is 0.218. The molecule has 2 rings (SSSR count). The summed E-state index contributed by atoms with van der Waals surface area (Å²) in [6, 6.07) is 6.26. The number of piperidine rings is 1. The lowest BCUT2D eigenvalue weighted by atomic mass is 10.0. The minimum absolute atomic E-state index is 0.473. The number of hydrogen-bond acceptors (Lipinski definition) is 2. The van der Waals surface area contributed by atoms with Gasteiger partial charge < -0.3 is 5.11 Å². The maximum absolute atomic E-state index is 10.2. The Balaban J connectivity index is 1.61. The summed E-state index contributed by atoms with van der Waals surface area (Å²) in [5.74, 6) is 1.33. The fourth-order valence-electron chi connectivity index (χ4n) is 4.05. The van der Waals surface area contributed by atoms with Gasteiger partial charge in [-0.3, -0.25) is 4.90 Å². The van der Waals surface area contributed by atoms with Crippen molar-refractivity contribution in [3.05, 3.63) is 29.3 Å². The highest BCUT2D eigenvalue weighted by atomic mass is 16.3. The Morgan fingerprint density at radius 1 is 0.885 bits per heavy atom. The minimum Gasteiger partial charge on any atom is -0.508 e. The number of phenols is 1. The van der Waals surface area contributed by atoms with Crippen molar-refractivity contribution in [1.82, 2.24) is 4.90 Å². The summed E-state index contributed by atoms with van der Waals surface area (Å²) in [4.78, 5) is 2.49. The minimum atomic E-state index is 0.473. The van der Waals surface area contributed by atoms with Crippen molar-refractivity contribution in [2.75, 3.05) is 13.1 Å². The predicted octanol–water partition coefficient (Wildman–Crippen LogP) is 6.70. The Hall–Kier alpha value is -1.02. The average molecular weight is 360 g/mol. The molecule has 0 radical (unpaired) electrons. The van der Waals surface area contributed by atoms with Gasteiger partial charge in [0, 0.05) is 12.1 Å². The lowest BCUT2D eigenvalue weighted by Gasteiger charge is -2.26. The Labute approximate surface area is 162 Å². The van der Waals surface area contributed by atoms with Crippen molar-refractivity contribution in [2.45, 2.75) is 97.4 Å². The number of likely N-dealkylation sites (tertiary alicyclic amines) is 1. The summed E-state index contributed by atoms with van der Waals surface area (Å²) >= 11 is 0. The molecule has 1 N–H and O–H groups in total. The number of nitrogens with zero attached hydrogens (tertiary/aromatic N) is 1. The zero-order valence-corrected chi connectivity index (χ0v) is 17.3. The van der Waals surface area contributed by atoms with Crippen LogP contribution in [0.15, 0.2) is 18.2 Å². The number of unbranched alkanes of at least 4 members (excludes halogenated alkanes) is 6. The van der Waals surface area contributed by atoms with Crippen molar-refractivity contribution in [2.24, 2.45) is 5.92 Å². The molecule has 148 valence electrons. The first-order chi connectivity index (χ1) is 12.6. The number of phenolic OH excluding ortho intramolecular Hbond substituents is 1. The predicted molar refractivity (Wildman–Crippen MR) is 113 cm³/mol. The molecule has 0 bridgehead atoms. The highest BCUT2D eigenvalue weighted by molar-refractivity contribution is 5.36. The molecule has 26 heavy (non-hydrogen) atoms. The first-order valence-corrected chi connectivity index (χ1v) is 11.2. The van der Waals surface area contributed by atoms with Crippen LogP contribution in [0, 0.1) is 5.92 Å². The molecule has 2 heteroatoms. The van der Waals surface area contributed by atoms with Gasteiger partial charge >= 0.3 is 0 Å². The Kier molecular flexibility index (Phi) is 10.1. The molecular formula is C24H41NO. The van der Waals surface area contributed by atoms with Gasteiger partial charge in [-0.25, -0.2) is 0 Å². The van der Waals surface area contributed by atoms with E-state index in [2.05, 4.69) is 30.9 Å². The van der Waals surface area contributed by atoms with Crippen LogP contribution in [0.5, 0.6) is 5.75 Å². The van der Waals surface area contributed by atoms with E-state index in [1.807, 2.05) is 6.07 Å². The highest BCUT2D eigenvalue weighted by Crippen LogP contribution is 2.23. The van der Waals surface area contributed by atoms with Gasteiger partial charge in [-0.05, 0) is 56.3 Å². The van der Waals surface area contributed by atoms with Crippen molar-refractivity contribution in [3.63, 3.8) is 0 Å². The summed E-state index contributed by atoms with van der Waals surface area (Å²) in [6.45, 7) is 7.92. The van der Waals surface area contributed by atoms with Gasteiger partial charge in [0.15, 0.2) is 0 Å². The van der Waals surface area contributed by atoms with Crippen molar-refractivity contribution in [1.29, 1.82) is 0 Å². The van der Waals surface area contributed by atoms with Gasteiger partial charge in [-0.1, -0.05) is 77.3 Å². The molecule has 1 heterocycles. The number of hydrogen-bond donors (Lipinski definition) is 1. The van der Waals surface area contributed by atoms with E-state index in [0.29, 0.717) is 5.75 Å². The fourth-order valence-corrected chi connectivity index (χ4v) is 4.05. The second-order valence-corrected chi connectivity index (χ2v) is 8.71. The molecule has 0 atom stereocenters. The Morgan fingerprint density at radius 3 is 2.23 bits per heavy atom. The lowest BCUT2D eigenvalue weighted by Crippen LogP contribution is -2.29. The van der Waals surface area contributed by atoms with E-state index in [1.54, 1.807) is 0 Å². The molecule has 1 saturated heterocycles. The smallest absolute Gasteiger partial charge is 0.120 e. The van der Waals surface area contributed by atoms with Crippen LogP contribution in [-0.2, 0) is 13.0 Å². The fraction of sp³-hybridized carbons (Fsp3) is 0.750.